The average Bonchev–Trinajstić information content (AvgIpc) is 2.30. The van der Waals surface area contributed by atoms with E-state index in [1.165, 1.54) is 6.08 Å². The standard InChI is InChI=1S/C13H10O3/c1-3-8-6-5-7-10-11(8)9(4-2)12(14)13(15)16-10/h3-7,9H,1-2H2. The Morgan fingerprint density at radius 3 is 2.62 bits per heavy atom. The zero-order valence-corrected chi connectivity index (χ0v) is 8.60. The molecule has 0 bridgehead atoms. The van der Waals surface area contributed by atoms with Crippen molar-refractivity contribution in [1.82, 2.24) is 0 Å². The lowest BCUT2D eigenvalue weighted by atomic mass is 9.88. The van der Waals surface area contributed by atoms with E-state index >= 15 is 0 Å². The highest BCUT2D eigenvalue weighted by atomic mass is 16.5. The lowest BCUT2D eigenvalue weighted by Crippen LogP contribution is -2.31. The van der Waals surface area contributed by atoms with Crippen molar-refractivity contribution in [2.24, 2.45) is 0 Å². The maximum Gasteiger partial charge on any atom is 0.381 e. The Bertz CT molecular complexity index is 500. The maximum atomic E-state index is 11.6. The normalized spacial score (nSPS) is 18.6. The van der Waals surface area contributed by atoms with Crippen LogP contribution in [0.5, 0.6) is 5.75 Å². The van der Waals surface area contributed by atoms with Crippen molar-refractivity contribution in [2.45, 2.75) is 5.92 Å². The summed E-state index contributed by atoms with van der Waals surface area (Å²) in [6, 6.07) is 5.22. The molecule has 1 unspecified atom stereocenters. The van der Waals surface area contributed by atoms with Gasteiger partial charge in [0.1, 0.15) is 5.75 Å². The van der Waals surface area contributed by atoms with E-state index in [1.807, 2.05) is 6.07 Å². The maximum absolute atomic E-state index is 11.6. The van der Waals surface area contributed by atoms with Crippen LogP contribution in [0.1, 0.15) is 17.0 Å². The SMILES string of the molecule is C=Cc1cccc2c1C(C=C)C(=O)C(=O)O2. The van der Waals surface area contributed by atoms with E-state index in [1.54, 1.807) is 18.2 Å². The molecule has 0 amide bonds. The molecule has 0 saturated carbocycles. The zero-order valence-electron chi connectivity index (χ0n) is 8.60. The van der Waals surface area contributed by atoms with Crippen LogP contribution in [0.2, 0.25) is 0 Å². The summed E-state index contributed by atoms with van der Waals surface area (Å²) in [6.07, 6.45) is 3.08. The van der Waals surface area contributed by atoms with Crippen LogP contribution in [-0.2, 0) is 9.59 Å². The fourth-order valence-corrected chi connectivity index (χ4v) is 1.79. The predicted molar refractivity (Wildman–Crippen MR) is 60.1 cm³/mol. The van der Waals surface area contributed by atoms with Crippen molar-refractivity contribution in [1.29, 1.82) is 0 Å². The summed E-state index contributed by atoms with van der Waals surface area (Å²) in [5.41, 5.74) is 1.44. The summed E-state index contributed by atoms with van der Waals surface area (Å²) in [6.45, 7) is 7.25. The minimum Gasteiger partial charge on any atom is -0.420 e. The largest absolute Gasteiger partial charge is 0.420 e. The molecular weight excluding hydrogens is 204 g/mol. The smallest absolute Gasteiger partial charge is 0.381 e. The third-order valence-corrected chi connectivity index (χ3v) is 2.55. The van der Waals surface area contributed by atoms with Crippen molar-refractivity contribution >= 4 is 17.8 Å². The molecule has 0 spiro atoms. The van der Waals surface area contributed by atoms with Crippen LogP contribution in [0, 0.1) is 0 Å². The first-order chi connectivity index (χ1) is 7.69. The number of ketones is 1. The zero-order chi connectivity index (χ0) is 11.7. The Labute approximate surface area is 93.0 Å². The van der Waals surface area contributed by atoms with E-state index in [-0.39, 0.29) is 0 Å². The monoisotopic (exact) mass is 214 g/mol. The van der Waals surface area contributed by atoms with E-state index < -0.39 is 17.7 Å². The second-order valence-corrected chi connectivity index (χ2v) is 3.43. The number of carbonyl (C=O) groups is 2. The van der Waals surface area contributed by atoms with Gasteiger partial charge in [-0.25, -0.2) is 4.79 Å². The minimum atomic E-state index is -0.835. The number of rotatable bonds is 2. The quantitative estimate of drug-likeness (QED) is 0.327. The molecule has 1 heterocycles. The fourth-order valence-electron chi connectivity index (χ4n) is 1.79. The molecule has 3 heteroatoms. The summed E-state index contributed by atoms with van der Waals surface area (Å²) in [7, 11) is 0. The summed E-state index contributed by atoms with van der Waals surface area (Å²) >= 11 is 0. The molecule has 1 atom stereocenters. The Morgan fingerprint density at radius 1 is 1.25 bits per heavy atom. The Balaban J connectivity index is 2.69. The van der Waals surface area contributed by atoms with Gasteiger partial charge in [-0.3, -0.25) is 4.79 Å². The second-order valence-electron chi connectivity index (χ2n) is 3.43. The lowest BCUT2D eigenvalue weighted by molar-refractivity contribution is -0.148. The van der Waals surface area contributed by atoms with Gasteiger partial charge in [0, 0.05) is 5.56 Å². The summed E-state index contributed by atoms with van der Waals surface area (Å²) in [5.74, 6) is -1.65. The number of Topliss-reactive ketones (excluding diaryl/α,β-unsaturated/α-hetero) is 1. The van der Waals surface area contributed by atoms with Crippen molar-refractivity contribution in [3.63, 3.8) is 0 Å². The van der Waals surface area contributed by atoms with Gasteiger partial charge in [0.2, 0.25) is 0 Å². The van der Waals surface area contributed by atoms with E-state index in [0.717, 1.165) is 5.56 Å². The minimum absolute atomic E-state index is 0.409. The molecule has 16 heavy (non-hydrogen) atoms. The fraction of sp³-hybridized carbons (Fsp3) is 0.0769. The van der Waals surface area contributed by atoms with E-state index in [4.69, 9.17) is 4.74 Å². The van der Waals surface area contributed by atoms with Crippen LogP contribution < -0.4 is 4.74 Å². The molecule has 0 aromatic heterocycles. The Morgan fingerprint density at radius 2 is 2.00 bits per heavy atom. The van der Waals surface area contributed by atoms with Crippen LogP contribution in [0.3, 0.4) is 0 Å². The Kier molecular flexibility index (Phi) is 2.44. The number of hydrogen-bond acceptors (Lipinski definition) is 3. The van der Waals surface area contributed by atoms with Gasteiger partial charge in [-0.2, -0.15) is 0 Å². The molecule has 0 aliphatic carbocycles. The van der Waals surface area contributed by atoms with Crippen LogP contribution in [-0.4, -0.2) is 11.8 Å². The van der Waals surface area contributed by atoms with Gasteiger partial charge in [0.15, 0.2) is 0 Å². The van der Waals surface area contributed by atoms with Crippen LogP contribution in [0.4, 0.5) is 0 Å². The third-order valence-electron chi connectivity index (χ3n) is 2.55. The van der Waals surface area contributed by atoms with Crippen molar-refractivity contribution in [3.8, 4) is 5.75 Å². The van der Waals surface area contributed by atoms with E-state index in [0.29, 0.717) is 11.3 Å². The summed E-state index contributed by atoms with van der Waals surface area (Å²) in [4.78, 5) is 22.9. The van der Waals surface area contributed by atoms with Gasteiger partial charge < -0.3 is 4.74 Å². The topological polar surface area (TPSA) is 43.4 Å². The van der Waals surface area contributed by atoms with Gasteiger partial charge in [0.05, 0.1) is 5.92 Å². The molecule has 3 nitrogen and oxygen atoms in total. The first-order valence-corrected chi connectivity index (χ1v) is 4.83. The number of allylic oxidation sites excluding steroid dienone is 1. The van der Waals surface area contributed by atoms with Crippen molar-refractivity contribution in [3.05, 3.63) is 48.6 Å². The molecule has 80 valence electrons. The first-order valence-electron chi connectivity index (χ1n) is 4.83. The number of hydrogen-bond donors (Lipinski definition) is 0. The van der Waals surface area contributed by atoms with Gasteiger partial charge in [-0.15, -0.1) is 6.58 Å². The number of benzene rings is 1. The molecule has 0 fully saturated rings. The van der Waals surface area contributed by atoms with Crippen molar-refractivity contribution < 1.29 is 14.3 Å². The van der Waals surface area contributed by atoms with E-state index in [9.17, 15) is 9.59 Å². The van der Waals surface area contributed by atoms with Crippen molar-refractivity contribution in [2.75, 3.05) is 0 Å². The summed E-state index contributed by atoms with van der Waals surface area (Å²) < 4.78 is 4.93. The highest BCUT2D eigenvalue weighted by Gasteiger charge is 2.35. The third kappa shape index (κ3) is 1.37. The van der Waals surface area contributed by atoms with Gasteiger partial charge >= 0.3 is 5.97 Å². The molecule has 0 saturated heterocycles. The molecule has 1 aliphatic rings. The van der Waals surface area contributed by atoms with E-state index in [2.05, 4.69) is 13.2 Å². The highest BCUT2D eigenvalue weighted by Crippen LogP contribution is 2.36. The number of esters is 1. The Hall–Kier alpha value is -2.16. The lowest BCUT2D eigenvalue weighted by Gasteiger charge is -2.22. The van der Waals surface area contributed by atoms with Crippen LogP contribution in [0.25, 0.3) is 6.08 Å². The summed E-state index contributed by atoms with van der Waals surface area (Å²) in [5, 5.41) is 0. The van der Waals surface area contributed by atoms with Crippen LogP contribution >= 0.6 is 0 Å². The highest BCUT2D eigenvalue weighted by molar-refractivity contribution is 6.38. The number of fused-ring (bicyclic) bond motifs is 1. The molecule has 2 rings (SSSR count). The molecule has 1 aliphatic heterocycles. The number of carbonyl (C=O) groups excluding carboxylic acids is 2. The predicted octanol–water partition coefficient (Wildman–Crippen LogP) is 2.09. The average molecular weight is 214 g/mol. The first kappa shape index (κ1) is 10.4. The molecular formula is C13H10O3. The molecule has 1 aromatic rings. The van der Waals surface area contributed by atoms with Gasteiger partial charge in [0.25, 0.3) is 5.78 Å². The van der Waals surface area contributed by atoms with Gasteiger partial charge in [-0.1, -0.05) is 30.9 Å². The second kappa shape index (κ2) is 3.77. The van der Waals surface area contributed by atoms with Gasteiger partial charge in [-0.05, 0) is 11.6 Å². The molecule has 1 aromatic carbocycles. The number of ether oxygens (including phenoxy) is 1. The van der Waals surface area contributed by atoms with Crippen LogP contribution in [0.15, 0.2) is 37.4 Å². The molecule has 0 N–H and O–H groups in total. The molecule has 0 radical (unpaired) electrons.